The molecule has 1 saturated heterocycles. The van der Waals surface area contributed by atoms with Crippen molar-refractivity contribution in [1.82, 2.24) is 4.31 Å². The molecule has 144 valence electrons. The van der Waals surface area contributed by atoms with Crippen molar-refractivity contribution in [3.63, 3.8) is 0 Å². The maximum Gasteiger partial charge on any atom is 0.259 e. The number of carbonyl (C=O) groups is 1. The summed E-state index contributed by atoms with van der Waals surface area (Å²) in [5.41, 5.74) is 0.737. The van der Waals surface area contributed by atoms with E-state index < -0.39 is 15.9 Å². The Morgan fingerprint density at radius 3 is 2.44 bits per heavy atom. The number of nitrogens with one attached hydrogen (secondary N) is 1. The van der Waals surface area contributed by atoms with Crippen LogP contribution in [0.5, 0.6) is 5.75 Å². The van der Waals surface area contributed by atoms with Gasteiger partial charge in [-0.05, 0) is 42.5 Å². The second-order valence-corrected chi connectivity index (χ2v) is 8.69. The molecule has 1 aliphatic heterocycles. The van der Waals surface area contributed by atoms with Crippen molar-refractivity contribution < 1.29 is 22.7 Å². The van der Waals surface area contributed by atoms with Crippen molar-refractivity contribution in [2.24, 2.45) is 0 Å². The molecule has 2 aromatic rings. The molecule has 1 amide bonds. The zero-order chi connectivity index (χ0) is 19.4. The molecule has 2 aromatic carbocycles. The van der Waals surface area contributed by atoms with Crippen LogP contribution in [0.3, 0.4) is 0 Å². The van der Waals surface area contributed by atoms with E-state index in [9.17, 15) is 13.2 Å². The highest BCUT2D eigenvalue weighted by Crippen LogP contribution is 2.26. The van der Waals surface area contributed by atoms with Crippen LogP contribution in [0.15, 0.2) is 51.8 Å². The van der Waals surface area contributed by atoms with Gasteiger partial charge in [0.05, 0.1) is 30.8 Å². The fraction of sp³-hybridized carbons (Fsp3) is 0.278. The minimum atomic E-state index is -3.71. The van der Waals surface area contributed by atoms with E-state index in [2.05, 4.69) is 21.2 Å². The monoisotopic (exact) mass is 454 g/mol. The van der Waals surface area contributed by atoms with Gasteiger partial charge in [-0.25, -0.2) is 8.42 Å². The number of hydrogen-bond acceptors (Lipinski definition) is 5. The molecule has 3 rings (SSSR count). The van der Waals surface area contributed by atoms with Gasteiger partial charge in [0.15, 0.2) is 0 Å². The van der Waals surface area contributed by atoms with Crippen molar-refractivity contribution in [2.45, 2.75) is 4.90 Å². The van der Waals surface area contributed by atoms with Crippen LogP contribution in [0.25, 0.3) is 0 Å². The van der Waals surface area contributed by atoms with E-state index >= 15 is 0 Å². The number of methoxy groups -OCH3 is 1. The molecule has 0 spiro atoms. The molecule has 1 fully saturated rings. The summed E-state index contributed by atoms with van der Waals surface area (Å²) in [5.74, 6) is -0.154. The molecule has 0 aliphatic carbocycles. The first-order chi connectivity index (χ1) is 12.9. The number of sulfonamides is 1. The van der Waals surface area contributed by atoms with Crippen LogP contribution in [0, 0.1) is 0 Å². The van der Waals surface area contributed by atoms with Gasteiger partial charge in [0, 0.05) is 23.2 Å². The highest BCUT2D eigenvalue weighted by Gasteiger charge is 2.28. The minimum absolute atomic E-state index is 0.0474. The maximum atomic E-state index is 12.9. The SMILES string of the molecule is COc1ccc(S(=O)(=O)N2CCOCC2)cc1C(=O)Nc1ccc(Br)cc1. The molecule has 1 heterocycles. The smallest absolute Gasteiger partial charge is 0.259 e. The van der Waals surface area contributed by atoms with E-state index in [1.54, 1.807) is 24.3 Å². The number of benzene rings is 2. The first-order valence-electron chi connectivity index (χ1n) is 8.24. The molecule has 0 atom stereocenters. The second-order valence-electron chi connectivity index (χ2n) is 5.84. The third-order valence-electron chi connectivity index (χ3n) is 4.13. The number of carbonyl (C=O) groups excluding carboxylic acids is 1. The van der Waals surface area contributed by atoms with Gasteiger partial charge in [-0.2, -0.15) is 4.31 Å². The normalized spacial score (nSPS) is 15.3. The Labute approximate surface area is 166 Å². The molecule has 0 saturated carbocycles. The lowest BCUT2D eigenvalue weighted by Crippen LogP contribution is -2.40. The number of hydrogen-bond donors (Lipinski definition) is 1. The minimum Gasteiger partial charge on any atom is -0.496 e. The second kappa shape index (κ2) is 8.39. The summed E-state index contributed by atoms with van der Waals surface area (Å²) >= 11 is 3.34. The molecule has 0 bridgehead atoms. The number of anilines is 1. The lowest BCUT2D eigenvalue weighted by atomic mass is 10.2. The quantitative estimate of drug-likeness (QED) is 0.750. The van der Waals surface area contributed by atoms with Crippen LogP contribution in [-0.4, -0.2) is 52.0 Å². The zero-order valence-electron chi connectivity index (χ0n) is 14.6. The highest BCUT2D eigenvalue weighted by atomic mass is 79.9. The fourth-order valence-electron chi connectivity index (χ4n) is 2.69. The summed E-state index contributed by atoms with van der Waals surface area (Å²) in [6.45, 7) is 1.28. The average Bonchev–Trinajstić information content (AvgIpc) is 2.69. The van der Waals surface area contributed by atoms with Gasteiger partial charge in [0.25, 0.3) is 5.91 Å². The Balaban J connectivity index is 1.91. The lowest BCUT2D eigenvalue weighted by Gasteiger charge is -2.26. The summed E-state index contributed by atoms with van der Waals surface area (Å²) in [4.78, 5) is 12.8. The Hall–Kier alpha value is -1.94. The van der Waals surface area contributed by atoms with Crippen molar-refractivity contribution in [3.05, 3.63) is 52.5 Å². The third kappa shape index (κ3) is 4.49. The molecule has 27 heavy (non-hydrogen) atoms. The predicted octanol–water partition coefficient (Wildman–Crippen LogP) is 2.73. The third-order valence-corrected chi connectivity index (χ3v) is 6.55. The van der Waals surface area contributed by atoms with E-state index in [4.69, 9.17) is 9.47 Å². The first-order valence-corrected chi connectivity index (χ1v) is 10.5. The Kier molecular flexibility index (Phi) is 6.15. The summed E-state index contributed by atoms with van der Waals surface area (Å²) in [6.07, 6.45) is 0. The van der Waals surface area contributed by atoms with E-state index in [1.807, 2.05) is 0 Å². The molecule has 1 aliphatic rings. The maximum absolute atomic E-state index is 12.9. The number of ether oxygens (including phenoxy) is 2. The molecule has 0 unspecified atom stereocenters. The van der Waals surface area contributed by atoms with Gasteiger partial charge in [-0.15, -0.1) is 0 Å². The number of halogens is 1. The van der Waals surface area contributed by atoms with Crippen molar-refractivity contribution in [2.75, 3.05) is 38.7 Å². The molecular weight excluding hydrogens is 436 g/mol. The van der Waals surface area contributed by atoms with Crippen LogP contribution in [0.1, 0.15) is 10.4 Å². The summed E-state index contributed by atoms with van der Waals surface area (Å²) in [7, 11) is -2.28. The standard InChI is InChI=1S/C18H19BrN2O5S/c1-25-17-7-6-15(27(23,24)21-8-10-26-11-9-21)12-16(17)18(22)20-14-4-2-13(19)3-5-14/h2-7,12H,8-11H2,1H3,(H,20,22). The van der Waals surface area contributed by atoms with Crippen LogP contribution < -0.4 is 10.1 Å². The van der Waals surface area contributed by atoms with Crippen LogP contribution in [-0.2, 0) is 14.8 Å². The van der Waals surface area contributed by atoms with E-state index in [0.717, 1.165) is 4.47 Å². The van der Waals surface area contributed by atoms with E-state index in [-0.39, 0.29) is 23.5 Å². The summed E-state index contributed by atoms with van der Waals surface area (Å²) in [6, 6.07) is 11.4. The lowest BCUT2D eigenvalue weighted by molar-refractivity contribution is 0.0730. The van der Waals surface area contributed by atoms with Gasteiger partial charge >= 0.3 is 0 Å². The average molecular weight is 455 g/mol. The molecule has 0 aromatic heterocycles. The Bertz CT molecular complexity index is 925. The predicted molar refractivity (Wildman–Crippen MR) is 105 cm³/mol. The van der Waals surface area contributed by atoms with E-state index in [0.29, 0.717) is 24.7 Å². The Morgan fingerprint density at radius 2 is 1.81 bits per heavy atom. The summed E-state index contributed by atoms with van der Waals surface area (Å²) in [5, 5.41) is 2.75. The summed E-state index contributed by atoms with van der Waals surface area (Å²) < 4.78 is 38.4. The topological polar surface area (TPSA) is 84.9 Å². The van der Waals surface area contributed by atoms with Gasteiger partial charge in [-0.3, -0.25) is 4.79 Å². The van der Waals surface area contributed by atoms with Gasteiger partial charge < -0.3 is 14.8 Å². The van der Waals surface area contributed by atoms with Gasteiger partial charge in [0.1, 0.15) is 5.75 Å². The highest BCUT2D eigenvalue weighted by molar-refractivity contribution is 9.10. The van der Waals surface area contributed by atoms with Crippen LogP contribution >= 0.6 is 15.9 Å². The molecular formula is C18H19BrN2O5S. The van der Waals surface area contributed by atoms with Crippen molar-refractivity contribution >= 4 is 37.5 Å². The molecule has 1 N–H and O–H groups in total. The van der Waals surface area contributed by atoms with Gasteiger partial charge in [0.2, 0.25) is 10.0 Å². The van der Waals surface area contributed by atoms with Crippen molar-refractivity contribution in [3.8, 4) is 5.75 Å². The van der Waals surface area contributed by atoms with E-state index in [1.165, 1.54) is 29.6 Å². The number of amides is 1. The molecule has 0 radical (unpaired) electrons. The zero-order valence-corrected chi connectivity index (χ0v) is 17.0. The molecule has 9 heteroatoms. The fourth-order valence-corrected chi connectivity index (χ4v) is 4.39. The molecule has 7 nitrogen and oxygen atoms in total. The van der Waals surface area contributed by atoms with Crippen LogP contribution in [0.2, 0.25) is 0 Å². The number of morpholine rings is 1. The first kappa shape index (κ1) is 19.8. The Morgan fingerprint density at radius 1 is 1.15 bits per heavy atom. The largest absolute Gasteiger partial charge is 0.496 e. The van der Waals surface area contributed by atoms with Crippen molar-refractivity contribution in [1.29, 1.82) is 0 Å². The number of rotatable bonds is 5. The van der Waals surface area contributed by atoms with Gasteiger partial charge in [-0.1, -0.05) is 15.9 Å². The number of nitrogens with zero attached hydrogens (tertiary/aromatic N) is 1. The van der Waals surface area contributed by atoms with Crippen LogP contribution in [0.4, 0.5) is 5.69 Å².